The molecule has 2 aromatic carbocycles. The average molecular weight is 531 g/mol. The Bertz CT molecular complexity index is 1200. The summed E-state index contributed by atoms with van der Waals surface area (Å²) in [5.74, 6) is 1.24. The van der Waals surface area contributed by atoms with Gasteiger partial charge in [-0.3, -0.25) is 9.80 Å². The van der Waals surface area contributed by atoms with Gasteiger partial charge in [0.15, 0.2) is 0 Å². The van der Waals surface area contributed by atoms with Gasteiger partial charge in [-0.1, -0.05) is 43.7 Å². The van der Waals surface area contributed by atoms with E-state index in [0.29, 0.717) is 24.2 Å². The summed E-state index contributed by atoms with van der Waals surface area (Å²) in [5.41, 5.74) is 5.16. The van der Waals surface area contributed by atoms with E-state index in [4.69, 9.17) is 4.98 Å². The molecule has 3 aromatic rings. The molecular weight excluding hydrogens is 480 g/mol. The van der Waals surface area contributed by atoms with Crippen LogP contribution in [0.5, 0.6) is 0 Å². The minimum Gasteiger partial charge on any atom is -0.382 e. The van der Waals surface area contributed by atoms with Crippen LogP contribution in [0.15, 0.2) is 48.5 Å². The molecule has 0 radical (unpaired) electrons. The molecule has 2 N–H and O–H groups in total. The fourth-order valence-corrected chi connectivity index (χ4v) is 7.41. The number of hydrogen-bond donors (Lipinski definition) is 2. The van der Waals surface area contributed by atoms with Crippen LogP contribution in [0.4, 0.5) is 5.69 Å². The second-order valence-electron chi connectivity index (χ2n) is 12.4. The number of aromatic nitrogens is 2. The maximum absolute atomic E-state index is 5.32. The molecule has 2 aliphatic rings. The van der Waals surface area contributed by atoms with Gasteiger partial charge in [0.05, 0.1) is 17.1 Å². The van der Waals surface area contributed by atoms with Gasteiger partial charge in [-0.05, 0) is 90.7 Å². The lowest BCUT2D eigenvalue weighted by atomic mass is 9.74. The molecule has 2 heterocycles. The summed E-state index contributed by atoms with van der Waals surface area (Å²) in [6.45, 7) is 12.3. The van der Waals surface area contributed by atoms with Gasteiger partial charge in [-0.25, -0.2) is 4.98 Å². The van der Waals surface area contributed by atoms with Gasteiger partial charge in [-0.15, -0.1) is 0 Å². The molecule has 6 nitrogen and oxygen atoms in total. The minimum absolute atomic E-state index is 0.130. The number of rotatable bonds is 9. The zero-order valence-corrected chi connectivity index (χ0v) is 25.1. The first kappa shape index (κ1) is 28.1. The van der Waals surface area contributed by atoms with Crippen molar-refractivity contribution >= 4 is 16.7 Å². The normalized spacial score (nSPS) is 27.2. The number of aryl methyl sites for hydroxylation is 1. The van der Waals surface area contributed by atoms with E-state index in [1.807, 2.05) is 0 Å². The molecule has 1 saturated heterocycles. The SMILES string of the molecule is CCC[C@H](c1nc2cc(N[C@H]3CC[C@@](c4ccccc4)(N(C)C)CC3)ccc2n1CC)N1C[C@@H](C)N[C@@H](C)C1. The molecule has 2 fully saturated rings. The number of fused-ring (bicyclic) bond motifs is 1. The first-order valence-electron chi connectivity index (χ1n) is 15.3. The number of imidazole rings is 1. The number of piperazine rings is 1. The summed E-state index contributed by atoms with van der Waals surface area (Å²) < 4.78 is 2.46. The van der Waals surface area contributed by atoms with Gasteiger partial charge in [0, 0.05) is 49.0 Å². The van der Waals surface area contributed by atoms with Crippen molar-refractivity contribution in [3.63, 3.8) is 0 Å². The molecule has 5 rings (SSSR count). The molecule has 1 saturated carbocycles. The van der Waals surface area contributed by atoms with Crippen LogP contribution >= 0.6 is 0 Å². The molecule has 3 atom stereocenters. The van der Waals surface area contributed by atoms with Crippen molar-refractivity contribution < 1.29 is 0 Å². The highest BCUT2D eigenvalue weighted by molar-refractivity contribution is 5.80. The lowest BCUT2D eigenvalue weighted by molar-refractivity contribution is 0.0945. The Morgan fingerprint density at radius 3 is 2.33 bits per heavy atom. The number of anilines is 1. The first-order valence-corrected chi connectivity index (χ1v) is 15.3. The van der Waals surface area contributed by atoms with Crippen LogP contribution in [0.3, 0.4) is 0 Å². The highest BCUT2D eigenvalue weighted by atomic mass is 15.3. The van der Waals surface area contributed by atoms with Crippen LogP contribution in [-0.4, -0.2) is 64.7 Å². The zero-order valence-electron chi connectivity index (χ0n) is 25.1. The van der Waals surface area contributed by atoms with Crippen LogP contribution in [0, 0.1) is 0 Å². The fourth-order valence-electron chi connectivity index (χ4n) is 7.41. The Morgan fingerprint density at radius 2 is 1.72 bits per heavy atom. The topological polar surface area (TPSA) is 48.4 Å². The van der Waals surface area contributed by atoms with Gasteiger partial charge in [0.25, 0.3) is 0 Å². The van der Waals surface area contributed by atoms with E-state index in [2.05, 4.69) is 115 Å². The van der Waals surface area contributed by atoms with Gasteiger partial charge in [0.2, 0.25) is 0 Å². The minimum atomic E-state index is 0.130. The summed E-state index contributed by atoms with van der Waals surface area (Å²) in [4.78, 5) is 10.4. The van der Waals surface area contributed by atoms with E-state index in [1.165, 1.54) is 35.4 Å². The predicted molar refractivity (Wildman–Crippen MR) is 164 cm³/mol. The molecule has 1 aliphatic carbocycles. The Balaban J connectivity index is 1.35. The van der Waals surface area contributed by atoms with Gasteiger partial charge in [0.1, 0.15) is 5.82 Å². The Hall–Kier alpha value is -2.41. The first-order chi connectivity index (χ1) is 18.8. The summed E-state index contributed by atoms with van der Waals surface area (Å²) in [6.07, 6.45) is 6.97. The van der Waals surface area contributed by atoms with E-state index in [0.717, 1.165) is 50.8 Å². The predicted octanol–water partition coefficient (Wildman–Crippen LogP) is 6.39. The van der Waals surface area contributed by atoms with Crippen molar-refractivity contribution in [1.29, 1.82) is 0 Å². The van der Waals surface area contributed by atoms with Crippen LogP contribution in [0.1, 0.15) is 83.6 Å². The Labute approximate surface area is 236 Å². The number of nitrogens with one attached hydrogen (secondary N) is 2. The Kier molecular flexibility index (Phi) is 8.65. The standard InChI is InChI=1S/C33H50N6/c1-7-12-31(38-22-24(3)34-25(4)23-38)32-36-29-21-28(15-16-30(29)39(32)8-2)35-27-17-19-33(20-18-27,37(5)6)26-13-10-9-11-14-26/h9-11,13-16,21,24-25,27,31,34-35H,7-8,12,17-20,22-23H2,1-6H3/t24-,25+,27-,31-,33+/m1/s1. The summed E-state index contributed by atoms with van der Waals surface area (Å²) in [5, 5.41) is 7.59. The van der Waals surface area contributed by atoms with E-state index in [1.54, 1.807) is 0 Å². The second-order valence-corrected chi connectivity index (χ2v) is 12.4. The smallest absolute Gasteiger partial charge is 0.127 e. The summed E-state index contributed by atoms with van der Waals surface area (Å²) in [7, 11) is 4.48. The third kappa shape index (κ3) is 5.75. The lowest BCUT2D eigenvalue weighted by Gasteiger charge is -2.46. The van der Waals surface area contributed by atoms with Crippen molar-refractivity contribution in [2.45, 2.75) is 102 Å². The number of hydrogen-bond acceptors (Lipinski definition) is 5. The lowest BCUT2D eigenvalue weighted by Crippen LogP contribution is -2.55. The third-order valence-electron chi connectivity index (χ3n) is 9.33. The van der Waals surface area contributed by atoms with E-state index in [9.17, 15) is 0 Å². The molecule has 6 heteroatoms. The van der Waals surface area contributed by atoms with E-state index < -0.39 is 0 Å². The highest BCUT2D eigenvalue weighted by Crippen LogP contribution is 2.42. The molecule has 212 valence electrons. The molecule has 0 unspecified atom stereocenters. The molecular formula is C33H50N6. The quantitative estimate of drug-likeness (QED) is 0.336. The molecule has 0 spiro atoms. The van der Waals surface area contributed by atoms with Crippen molar-refractivity contribution in [3.05, 3.63) is 59.9 Å². The average Bonchev–Trinajstić information content (AvgIpc) is 3.29. The van der Waals surface area contributed by atoms with Crippen LogP contribution < -0.4 is 10.6 Å². The Morgan fingerprint density at radius 1 is 1.03 bits per heavy atom. The third-order valence-corrected chi connectivity index (χ3v) is 9.33. The van der Waals surface area contributed by atoms with E-state index >= 15 is 0 Å². The zero-order chi connectivity index (χ0) is 27.6. The summed E-state index contributed by atoms with van der Waals surface area (Å²) >= 11 is 0. The maximum atomic E-state index is 5.32. The summed E-state index contributed by atoms with van der Waals surface area (Å²) in [6, 6.07) is 19.8. The molecule has 39 heavy (non-hydrogen) atoms. The maximum Gasteiger partial charge on any atom is 0.127 e. The van der Waals surface area contributed by atoms with Crippen molar-refractivity contribution in [3.8, 4) is 0 Å². The molecule has 1 aliphatic heterocycles. The monoisotopic (exact) mass is 530 g/mol. The number of nitrogens with zero attached hydrogens (tertiary/aromatic N) is 4. The van der Waals surface area contributed by atoms with Gasteiger partial charge >= 0.3 is 0 Å². The van der Waals surface area contributed by atoms with Crippen LogP contribution in [0.25, 0.3) is 11.0 Å². The van der Waals surface area contributed by atoms with Crippen molar-refractivity contribution in [1.82, 2.24) is 24.7 Å². The van der Waals surface area contributed by atoms with Gasteiger partial charge < -0.3 is 15.2 Å². The second kappa shape index (κ2) is 12.0. The molecule has 1 aromatic heterocycles. The van der Waals surface area contributed by atoms with Crippen molar-refractivity contribution in [2.75, 3.05) is 32.5 Å². The number of benzene rings is 2. The highest BCUT2D eigenvalue weighted by Gasteiger charge is 2.38. The fraction of sp³-hybridized carbons (Fsp3) is 0.606. The largest absolute Gasteiger partial charge is 0.382 e. The molecule has 0 bridgehead atoms. The van der Waals surface area contributed by atoms with Crippen molar-refractivity contribution in [2.24, 2.45) is 0 Å². The van der Waals surface area contributed by atoms with Gasteiger partial charge in [-0.2, -0.15) is 0 Å². The van der Waals surface area contributed by atoms with Crippen LogP contribution in [-0.2, 0) is 12.1 Å². The van der Waals surface area contributed by atoms with Crippen LogP contribution in [0.2, 0.25) is 0 Å². The molecule has 0 amide bonds. The van der Waals surface area contributed by atoms with E-state index in [-0.39, 0.29) is 5.54 Å².